The lowest BCUT2D eigenvalue weighted by molar-refractivity contribution is -0.136. The van der Waals surface area contributed by atoms with Crippen molar-refractivity contribution in [3.8, 4) is 0 Å². The first-order valence-corrected chi connectivity index (χ1v) is 10.3. The molecule has 1 heterocycles. The second-order valence-electron chi connectivity index (χ2n) is 7.38. The molecule has 3 amide bonds. The number of ether oxygens (including phenoxy) is 1. The Morgan fingerprint density at radius 1 is 1.07 bits per heavy atom. The molecule has 1 atom stereocenters. The number of hydrogen-bond acceptors (Lipinski definition) is 4. The number of hydrogen-bond donors (Lipinski definition) is 1. The zero-order chi connectivity index (χ0) is 20.5. The van der Waals surface area contributed by atoms with Crippen molar-refractivity contribution >= 4 is 17.7 Å². The van der Waals surface area contributed by atoms with Crippen LogP contribution in [0.25, 0.3) is 0 Å². The van der Waals surface area contributed by atoms with Crippen LogP contribution in [0, 0.1) is 0 Å². The molecular weight excluding hydrogens is 368 g/mol. The molecule has 1 aromatic rings. The topological polar surface area (TPSA) is 75.7 Å². The van der Waals surface area contributed by atoms with Crippen LogP contribution in [0.5, 0.6) is 0 Å². The molecule has 0 bridgehead atoms. The summed E-state index contributed by atoms with van der Waals surface area (Å²) in [6.45, 7) is 1.23. The fourth-order valence-corrected chi connectivity index (χ4v) is 3.42. The number of allylic oxidation sites excluding steroid dienone is 1. The first kappa shape index (κ1) is 21.0. The van der Waals surface area contributed by atoms with Gasteiger partial charge in [0.05, 0.1) is 12.7 Å². The zero-order valence-corrected chi connectivity index (χ0v) is 16.6. The van der Waals surface area contributed by atoms with Crippen LogP contribution in [-0.4, -0.2) is 41.8 Å². The molecule has 3 rings (SSSR count). The van der Waals surface area contributed by atoms with Gasteiger partial charge in [0.2, 0.25) is 0 Å². The van der Waals surface area contributed by atoms with Crippen LogP contribution in [0.4, 0.5) is 0 Å². The molecule has 2 aliphatic rings. The molecule has 0 saturated carbocycles. The van der Waals surface area contributed by atoms with E-state index in [1.165, 1.54) is 36.3 Å². The standard InChI is InChI=1S/C23H28N2O4/c26-21-13-14-22(27)25(21)16-6-15-24-23(28)19-11-9-18(10-12-19)17-29-20-7-4-2-1-3-5-8-20/h4,7,9-14,20H,1-3,5-6,8,15-17H2,(H,24,28)/b7-4-. The highest BCUT2D eigenvalue weighted by atomic mass is 16.5. The van der Waals surface area contributed by atoms with Crippen molar-refractivity contribution in [3.63, 3.8) is 0 Å². The van der Waals surface area contributed by atoms with Crippen molar-refractivity contribution in [1.82, 2.24) is 10.2 Å². The van der Waals surface area contributed by atoms with Gasteiger partial charge in [-0.15, -0.1) is 0 Å². The minimum absolute atomic E-state index is 0.169. The van der Waals surface area contributed by atoms with E-state index in [-0.39, 0.29) is 23.8 Å². The van der Waals surface area contributed by atoms with Crippen molar-refractivity contribution in [2.24, 2.45) is 0 Å². The van der Waals surface area contributed by atoms with Crippen LogP contribution in [0.2, 0.25) is 0 Å². The van der Waals surface area contributed by atoms with E-state index in [1.807, 2.05) is 12.1 Å². The molecule has 0 radical (unpaired) electrons. The Labute approximate surface area is 171 Å². The number of rotatable bonds is 8. The molecule has 6 heteroatoms. The minimum Gasteiger partial charge on any atom is -0.369 e. The quantitative estimate of drug-likeness (QED) is 0.416. The van der Waals surface area contributed by atoms with Crippen LogP contribution < -0.4 is 5.32 Å². The van der Waals surface area contributed by atoms with Crippen LogP contribution in [0.3, 0.4) is 0 Å². The second-order valence-corrected chi connectivity index (χ2v) is 7.38. The Hall–Kier alpha value is -2.73. The Bertz CT molecular complexity index is 765. The summed E-state index contributed by atoms with van der Waals surface area (Å²) in [6, 6.07) is 7.41. The molecule has 1 unspecified atom stereocenters. The number of carbonyl (C=O) groups excluding carboxylic acids is 3. The summed E-state index contributed by atoms with van der Waals surface area (Å²) in [6.07, 6.45) is 13.5. The van der Waals surface area contributed by atoms with Gasteiger partial charge in [-0.1, -0.05) is 37.1 Å². The Morgan fingerprint density at radius 3 is 2.59 bits per heavy atom. The largest absolute Gasteiger partial charge is 0.369 e. The van der Waals surface area contributed by atoms with Gasteiger partial charge in [-0.25, -0.2) is 0 Å². The van der Waals surface area contributed by atoms with E-state index in [9.17, 15) is 14.4 Å². The molecule has 6 nitrogen and oxygen atoms in total. The van der Waals surface area contributed by atoms with E-state index in [0.717, 1.165) is 18.4 Å². The van der Waals surface area contributed by atoms with Gasteiger partial charge < -0.3 is 10.1 Å². The number of amides is 3. The zero-order valence-electron chi connectivity index (χ0n) is 16.6. The van der Waals surface area contributed by atoms with Gasteiger partial charge in [0.15, 0.2) is 0 Å². The summed E-state index contributed by atoms with van der Waals surface area (Å²) in [7, 11) is 0. The Kier molecular flexibility index (Phi) is 7.76. The number of benzene rings is 1. The summed E-state index contributed by atoms with van der Waals surface area (Å²) in [5.74, 6) is -0.763. The third-order valence-electron chi connectivity index (χ3n) is 5.13. The average Bonchev–Trinajstić information content (AvgIpc) is 3.02. The lowest BCUT2D eigenvalue weighted by Crippen LogP contribution is -2.33. The Morgan fingerprint density at radius 2 is 1.83 bits per heavy atom. The van der Waals surface area contributed by atoms with Gasteiger partial charge in [0.25, 0.3) is 17.7 Å². The number of imide groups is 1. The third kappa shape index (κ3) is 6.39. The molecule has 0 aromatic heterocycles. The van der Waals surface area contributed by atoms with Crippen LogP contribution >= 0.6 is 0 Å². The maximum atomic E-state index is 12.2. The lowest BCUT2D eigenvalue weighted by Gasteiger charge is -2.16. The van der Waals surface area contributed by atoms with E-state index in [0.29, 0.717) is 31.7 Å². The molecule has 0 saturated heterocycles. The summed E-state index contributed by atoms with van der Waals surface area (Å²) in [5.41, 5.74) is 1.62. The molecule has 29 heavy (non-hydrogen) atoms. The predicted octanol–water partition coefficient (Wildman–Crippen LogP) is 3.14. The predicted molar refractivity (Wildman–Crippen MR) is 110 cm³/mol. The van der Waals surface area contributed by atoms with Gasteiger partial charge in [0, 0.05) is 30.8 Å². The maximum absolute atomic E-state index is 12.2. The molecule has 0 fully saturated rings. The highest BCUT2D eigenvalue weighted by Crippen LogP contribution is 2.16. The summed E-state index contributed by atoms with van der Waals surface area (Å²) in [4.78, 5) is 36.4. The number of nitrogens with one attached hydrogen (secondary N) is 1. The van der Waals surface area contributed by atoms with E-state index in [4.69, 9.17) is 4.74 Å². The first-order chi connectivity index (χ1) is 14.1. The van der Waals surface area contributed by atoms with Gasteiger partial charge in [-0.3, -0.25) is 19.3 Å². The average molecular weight is 396 g/mol. The van der Waals surface area contributed by atoms with Crippen molar-refractivity contribution in [1.29, 1.82) is 0 Å². The van der Waals surface area contributed by atoms with Crippen molar-refractivity contribution in [2.45, 2.75) is 51.2 Å². The molecule has 154 valence electrons. The number of carbonyl (C=O) groups is 3. The van der Waals surface area contributed by atoms with E-state index < -0.39 is 0 Å². The van der Waals surface area contributed by atoms with Gasteiger partial charge >= 0.3 is 0 Å². The summed E-state index contributed by atoms with van der Waals surface area (Å²) < 4.78 is 6.00. The maximum Gasteiger partial charge on any atom is 0.253 e. The number of nitrogens with zero attached hydrogens (tertiary/aromatic N) is 1. The minimum atomic E-state index is -0.297. The molecule has 1 aliphatic heterocycles. The smallest absolute Gasteiger partial charge is 0.253 e. The first-order valence-electron chi connectivity index (χ1n) is 10.3. The van der Waals surface area contributed by atoms with Gasteiger partial charge in [-0.2, -0.15) is 0 Å². The van der Waals surface area contributed by atoms with E-state index in [1.54, 1.807) is 12.1 Å². The normalized spacial score (nSPS) is 20.4. The molecule has 1 aromatic carbocycles. The van der Waals surface area contributed by atoms with Crippen molar-refractivity contribution in [3.05, 3.63) is 59.7 Å². The highest BCUT2D eigenvalue weighted by Gasteiger charge is 2.22. The van der Waals surface area contributed by atoms with Gasteiger partial charge in [-0.05, 0) is 43.4 Å². The third-order valence-corrected chi connectivity index (χ3v) is 5.13. The molecule has 1 aliphatic carbocycles. The fourth-order valence-electron chi connectivity index (χ4n) is 3.42. The van der Waals surface area contributed by atoms with Crippen molar-refractivity contribution in [2.75, 3.05) is 13.1 Å². The fraction of sp³-hybridized carbons (Fsp3) is 0.435. The monoisotopic (exact) mass is 396 g/mol. The van der Waals surface area contributed by atoms with Crippen LogP contribution in [0.15, 0.2) is 48.6 Å². The highest BCUT2D eigenvalue weighted by molar-refractivity contribution is 6.12. The molecular formula is C23H28N2O4. The Balaban J connectivity index is 1.38. The van der Waals surface area contributed by atoms with Gasteiger partial charge in [0.1, 0.15) is 0 Å². The van der Waals surface area contributed by atoms with E-state index in [2.05, 4.69) is 17.5 Å². The van der Waals surface area contributed by atoms with E-state index >= 15 is 0 Å². The molecule has 1 N–H and O–H groups in total. The van der Waals surface area contributed by atoms with Crippen LogP contribution in [-0.2, 0) is 20.9 Å². The SMILES string of the molecule is O=C(NCCCN1C(=O)C=CC1=O)c1ccc(COC2/C=C\CCCCC2)cc1. The van der Waals surface area contributed by atoms with Crippen molar-refractivity contribution < 1.29 is 19.1 Å². The second kappa shape index (κ2) is 10.7. The lowest BCUT2D eigenvalue weighted by atomic mass is 10.0. The molecule has 0 spiro atoms. The summed E-state index contributed by atoms with van der Waals surface area (Å²) in [5, 5.41) is 2.82. The summed E-state index contributed by atoms with van der Waals surface area (Å²) >= 11 is 0. The van der Waals surface area contributed by atoms with Crippen LogP contribution in [0.1, 0.15) is 54.4 Å².